The maximum Gasteiger partial charge on any atom is 0.494 e. The van der Waals surface area contributed by atoms with E-state index in [1.54, 1.807) is 0 Å². The van der Waals surface area contributed by atoms with Crippen molar-refractivity contribution in [2.75, 3.05) is 4.90 Å². The first-order valence-electron chi connectivity index (χ1n) is 15.7. The SMILES string of the molecule is CCCCc1ccc(N(c2ccc(B3OC(C)(C)C(C)(C)O3)cc2)c2ccc(B3OC(C)(C)C(C)(C)O3)cc2)cc1.[B][B][B]. The van der Waals surface area contributed by atoms with Gasteiger partial charge in [0.25, 0.3) is 0 Å². The van der Waals surface area contributed by atoms with E-state index in [0.717, 1.165) is 41.5 Å². The molecular weight excluding hydrogens is 540 g/mol. The summed E-state index contributed by atoms with van der Waals surface area (Å²) in [6, 6.07) is 26.0. The molecule has 2 aliphatic rings. The van der Waals surface area contributed by atoms with E-state index in [1.807, 2.05) is 0 Å². The second kappa shape index (κ2) is 13.5. The lowest BCUT2D eigenvalue weighted by atomic mass is 9.40. The van der Waals surface area contributed by atoms with Crippen molar-refractivity contribution in [3.8, 4) is 0 Å². The highest BCUT2D eigenvalue weighted by Gasteiger charge is 2.52. The van der Waals surface area contributed by atoms with Gasteiger partial charge in [-0.25, -0.2) is 0 Å². The van der Waals surface area contributed by atoms with Crippen LogP contribution in [0.4, 0.5) is 17.1 Å². The first-order valence-corrected chi connectivity index (χ1v) is 15.7. The fourth-order valence-electron chi connectivity index (χ4n) is 5.16. The van der Waals surface area contributed by atoms with Gasteiger partial charge in [-0.3, -0.25) is 0 Å². The number of anilines is 3. The van der Waals surface area contributed by atoms with Crippen LogP contribution in [0.3, 0.4) is 0 Å². The Labute approximate surface area is 270 Å². The summed E-state index contributed by atoms with van der Waals surface area (Å²) in [7, 11) is 9.22. The van der Waals surface area contributed by atoms with Crippen molar-refractivity contribution in [2.24, 2.45) is 0 Å². The average Bonchev–Trinajstić information content (AvgIpc) is 3.33. The predicted molar refractivity (Wildman–Crippen MR) is 188 cm³/mol. The summed E-state index contributed by atoms with van der Waals surface area (Å²) in [6.45, 7) is 18.9. The summed E-state index contributed by atoms with van der Waals surface area (Å²) in [5, 5.41) is 0. The normalized spacial score (nSPS) is 19.3. The van der Waals surface area contributed by atoms with Crippen LogP contribution in [0.25, 0.3) is 0 Å². The minimum Gasteiger partial charge on any atom is -0.399 e. The van der Waals surface area contributed by atoms with Gasteiger partial charge in [0.05, 0.1) is 22.4 Å². The quantitative estimate of drug-likeness (QED) is 0.306. The summed E-state index contributed by atoms with van der Waals surface area (Å²) >= 11 is 0. The third kappa shape index (κ3) is 7.36. The summed E-state index contributed by atoms with van der Waals surface area (Å²) in [5.74, 6) is 0. The molecule has 5 radical (unpaired) electrons. The second-order valence-electron chi connectivity index (χ2n) is 13.7. The molecule has 44 heavy (non-hydrogen) atoms. The zero-order valence-electron chi connectivity index (χ0n) is 28.0. The van der Waals surface area contributed by atoms with Gasteiger partial charge in [0.2, 0.25) is 0 Å². The molecule has 2 fully saturated rings. The number of rotatable bonds is 8. The van der Waals surface area contributed by atoms with Gasteiger partial charge in [-0.2, -0.15) is 0 Å². The van der Waals surface area contributed by atoms with Gasteiger partial charge in [0, 0.05) is 39.6 Å². The first kappa shape index (κ1) is 34.5. The smallest absolute Gasteiger partial charge is 0.399 e. The topological polar surface area (TPSA) is 40.2 Å². The maximum absolute atomic E-state index is 6.30. The molecule has 10 heteroatoms. The molecule has 0 unspecified atom stereocenters. The molecule has 2 saturated heterocycles. The van der Waals surface area contributed by atoms with E-state index in [2.05, 4.69) is 155 Å². The Balaban J connectivity index is 0.00000141. The van der Waals surface area contributed by atoms with Crippen LogP contribution < -0.4 is 15.8 Å². The summed E-state index contributed by atoms with van der Waals surface area (Å²) in [4.78, 5) is 2.28. The van der Waals surface area contributed by atoms with Crippen molar-refractivity contribution in [1.82, 2.24) is 0 Å². The van der Waals surface area contributed by atoms with Crippen LogP contribution in [0.1, 0.15) is 80.7 Å². The van der Waals surface area contributed by atoms with Crippen molar-refractivity contribution >= 4 is 64.8 Å². The van der Waals surface area contributed by atoms with E-state index in [1.165, 1.54) is 18.4 Å². The number of benzene rings is 3. The largest absolute Gasteiger partial charge is 0.494 e. The summed E-state index contributed by atoms with van der Waals surface area (Å²) in [6.07, 6.45) is 3.49. The molecule has 0 atom stereocenters. The van der Waals surface area contributed by atoms with E-state index in [9.17, 15) is 0 Å². The first-order chi connectivity index (χ1) is 20.6. The highest BCUT2D eigenvalue weighted by Crippen LogP contribution is 2.39. The molecule has 3 aromatic carbocycles. The number of hydrogen-bond donors (Lipinski definition) is 0. The van der Waals surface area contributed by atoms with Crippen LogP contribution >= 0.6 is 0 Å². The molecule has 0 saturated carbocycles. The van der Waals surface area contributed by atoms with E-state index < -0.39 is 0 Å². The average molecular weight is 586 g/mol. The predicted octanol–water partition coefficient (Wildman–Crippen LogP) is 5.96. The third-order valence-electron chi connectivity index (χ3n) is 9.37. The molecular formula is C34H45B5NO4. The lowest BCUT2D eigenvalue weighted by Crippen LogP contribution is -2.41. The minimum atomic E-state index is -0.389. The van der Waals surface area contributed by atoms with Gasteiger partial charge >= 0.3 is 14.2 Å². The Kier molecular flexibility index (Phi) is 10.6. The zero-order chi connectivity index (χ0) is 32.3. The van der Waals surface area contributed by atoms with Crippen molar-refractivity contribution in [2.45, 2.75) is 104 Å². The Bertz CT molecular complexity index is 1250. The molecule has 3 aromatic rings. The molecule has 225 valence electrons. The van der Waals surface area contributed by atoms with E-state index in [4.69, 9.17) is 18.6 Å². The molecule has 0 N–H and O–H groups in total. The fourth-order valence-corrected chi connectivity index (χ4v) is 5.16. The maximum atomic E-state index is 6.30. The van der Waals surface area contributed by atoms with Crippen LogP contribution in [0.5, 0.6) is 0 Å². The van der Waals surface area contributed by atoms with Crippen LogP contribution in [0.15, 0.2) is 72.8 Å². The Morgan fingerprint density at radius 2 is 0.864 bits per heavy atom. The molecule has 5 rings (SSSR count). The number of aryl methyl sites for hydroxylation is 1. The van der Waals surface area contributed by atoms with Gasteiger partial charge < -0.3 is 23.5 Å². The van der Waals surface area contributed by atoms with Crippen molar-refractivity contribution < 1.29 is 18.6 Å². The van der Waals surface area contributed by atoms with E-state index >= 15 is 0 Å². The van der Waals surface area contributed by atoms with Gasteiger partial charge in [-0.1, -0.05) is 49.7 Å². The molecule has 0 spiro atoms. The van der Waals surface area contributed by atoms with Gasteiger partial charge in [-0.15, -0.1) is 0 Å². The molecule has 0 amide bonds. The van der Waals surface area contributed by atoms with Crippen molar-refractivity contribution in [3.63, 3.8) is 0 Å². The molecule has 2 aliphatic heterocycles. The molecule has 5 nitrogen and oxygen atoms in total. The molecule has 2 heterocycles. The standard InChI is InChI=1S/C34H45B2NO4.B3/c1-10-11-12-25-13-19-28(20-14-25)37(29-21-15-26(16-22-29)35-38-31(2,3)32(4,5)39-35)30-23-17-27(18-24-30)36-40-33(6,7)34(8,9)41-36;1-3-2/h13-24H,10-12H2,1-9H3;. The fraction of sp³-hybridized carbons (Fsp3) is 0.471. The number of nitrogens with zero attached hydrogens (tertiary/aromatic N) is 1. The van der Waals surface area contributed by atoms with Gasteiger partial charge in [0.15, 0.2) is 0 Å². The Hall–Kier alpha value is -2.38. The summed E-state index contributed by atoms with van der Waals surface area (Å²) < 4.78 is 25.2. The molecule has 0 aromatic heterocycles. The number of hydrogen-bond acceptors (Lipinski definition) is 5. The molecule has 0 bridgehead atoms. The Morgan fingerprint density at radius 3 is 1.16 bits per heavy atom. The highest BCUT2D eigenvalue weighted by atomic mass is 16.7. The zero-order valence-corrected chi connectivity index (χ0v) is 28.0. The second-order valence-corrected chi connectivity index (χ2v) is 13.7. The van der Waals surface area contributed by atoms with E-state index in [-0.39, 0.29) is 36.6 Å². The van der Waals surface area contributed by atoms with Crippen LogP contribution in [0, 0.1) is 0 Å². The van der Waals surface area contributed by atoms with Gasteiger partial charge in [-0.05, 0) is 121 Å². The van der Waals surface area contributed by atoms with Crippen LogP contribution in [-0.2, 0) is 25.0 Å². The Morgan fingerprint density at radius 1 is 0.568 bits per heavy atom. The lowest BCUT2D eigenvalue weighted by molar-refractivity contribution is 0.00578. The monoisotopic (exact) mass is 586 g/mol. The van der Waals surface area contributed by atoms with Crippen LogP contribution in [0.2, 0.25) is 0 Å². The third-order valence-corrected chi connectivity index (χ3v) is 9.37. The highest BCUT2D eigenvalue weighted by molar-refractivity contribution is 7.17. The van der Waals surface area contributed by atoms with Crippen molar-refractivity contribution in [3.05, 3.63) is 78.4 Å². The number of unbranched alkanes of at least 4 members (excludes halogenated alkanes) is 1. The summed E-state index contributed by atoms with van der Waals surface area (Å²) in [5.41, 5.74) is 5.13. The van der Waals surface area contributed by atoms with Gasteiger partial charge in [0.1, 0.15) is 0 Å². The van der Waals surface area contributed by atoms with Crippen LogP contribution in [-0.4, -0.2) is 59.2 Å². The van der Waals surface area contributed by atoms with E-state index in [0.29, 0.717) is 0 Å². The minimum absolute atomic E-state index is 0.374. The molecule has 0 aliphatic carbocycles. The lowest BCUT2D eigenvalue weighted by Gasteiger charge is -2.32. The van der Waals surface area contributed by atoms with Crippen molar-refractivity contribution in [1.29, 1.82) is 0 Å².